The summed E-state index contributed by atoms with van der Waals surface area (Å²) in [5, 5.41) is 4.76. The third-order valence-electron chi connectivity index (χ3n) is 5.05. The smallest absolute Gasteiger partial charge is 0.176 e. The number of aromatic nitrogens is 3. The molecule has 3 aromatic rings. The summed E-state index contributed by atoms with van der Waals surface area (Å²) in [7, 11) is 0. The predicted molar refractivity (Wildman–Crippen MR) is 100 cm³/mol. The van der Waals surface area contributed by atoms with Crippen molar-refractivity contribution in [1.29, 1.82) is 0 Å². The van der Waals surface area contributed by atoms with E-state index in [-0.39, 0.29) is 0 Å². The van der Waals surface area contributed by atoms with Crippen LogP contribution in [0.25, 0.3) is 5.65 Å². The molecule has 1 saturated carbocycles. The fraction of sp³-hybridized carbons (Fsp3) is 0.368. The highest BCUT2D eigenvalue weighted by Gasteiger charge is 2.26. The van der Waals surface area contributed by atoms with Crippen LogP contribution in [0.3, 0.4) is 0 Å². The summed E-state index contributed by atoms with van der Waals surface area (Å²) in [6.45, 7) is 0.813. The van der Waals surface area contributed by atoms with Gasteiger partial charge in [-0.25, -0.2) is 9.50 Å². The monoisotopic (exact) mass is 336 g/mol. The van der Waals surface area contributed by atoms with Gasteiger partial charge in [0, 0.05) is 37.1 Å². The highest BCUT2D eigenvalue weighted by atomic mass is 15.3. The SMILES string of the molecule is Nc1cc(N(Cc2ccccc2)C2CCC(N)CC2)nn2ccnc12. The van der Waals surface area contributed by atoms with Crippen LogP contribution >= 0.6 is 0 Å². The first kappa shape index (κ1) is 15.9. The van der Waals surface area contributed by atoms with Gasteiger partial charge in [0.25, 0.3) is 0 Å². The average Bonchev–Trinajstić information content (AvgIpc) is 3.11. The van der Waals surface area contributed by atoms with Crippen molar-refractivity contribution < 1.29 is 0 Å². The topological polar surface area (TPSA) is 85.5 Å². The van der Waals surface area contributed by atoms with Gasteiger partial charge in [0.15, 0.2) is 11.5 Å². The van der Waals surface area contributed by atoms with Crippen molar-refractivity contribution in [1.82, 2.24) is 14.6 Å². The Labute approximate surface area is 147 Å². The standard InChI is InChI=1S/C19H24N6/c20-15-6-8-16(9-7-15)24(13-14-4-2-1-3-5-14)18-12-17(21)19-22-10-11-25(19)23-18/h1-5,10-12,15-16H,6-9,13,20-21H2. The first-order valence-corrected chi connectivity index (χ1v) is 8.87. The third kappa shape index (κ3) is 3.30. The van der Waals surface area contributed by atoms with Crippen LogP contribution in [0.15, 0.2) is 48.8 Å². The van der Waals surface area contributed by atoms with Gasteiger partial charge in [0.05, 0.1) is 5.69 Å². The number of nitrogens with zero attached hydrogens (tertiary/aromatic N) is 4. The van der Waals surface area contributed by atoms with Crippen molar-refractivity contribution in [3.8, 4) is 0 Å². The van der Waals surface area contributed by atoms with Crippen molar-refractivity contribution in [2.75, 3.05) is 10.6 Å². The molecule has 0 atom stereocenters. The van der Waals surface area contributed by atoms with Gasteiger partial charge >= 0.3 is 0 Å². The molecule has 25 heavy (non-hydrogen) atoms. The molecule has 1 aromatic carbocycles. The Morgan fingerprint density at radius 3 is 2.64 bits per heavy atom. The van der Waals surface area contributed by atoms with E-state index in [4.69, 9.17) is 16.6 Å². The van der Waals surface area contributed by atoms with Crippen LogP contribution in [0.1, 0.15) is 31.2 Å². The second-order valence-corrected chi connectivity index (χ2v) is 6.84. The molecule has 0 spiro atoms. The molecule has 0 aliphatic heterocycles. The molecule has 1 aliphatic rings. The fourth-order valence-electron chi connectivity index (χ4n) is 3.66. The zero-order valence-electron chi connectivity index (χ0n) is 14.3. The summed E-state index contributed by atoms with van der Waals surface area (Å²) in [5.74, 6) is 0.896. The second-order valence-electron chi connectivity index (χ2n) is 6.84. The van der Waals surface area contributed by atoms with Crippen molar-refractivity contribution in [3.63, 3.8) is 0 Å². The van der Waals surface area contributed by atoms with Crippen LogP contribution in [0.4, 0.5) is 11.5 Å². The van der Waals surface area contributed by atoms with E-state index in [9.17, 15) is 0 Å². The summed E-state index contributed by atoms with van der Waals surface area (Å²) in [6.07, 6.45) is 7.84. The van der Waals surface area contributed by atoms with Crippen LogP contribution in [0.2, 0.25) is 0 Å². The molecule has 0 bridgehead atoms. The lowest BCUT2D eigenvalue weighted by Gasteiger charge is -2.37. The minimum absolute atomic E-state index is 0.323. The highest BCUT2D eigenvalue weighted by Crippen LogP contribution is 2.29. The minimum Gasteiger partial charge on any atom is -0.396 e. The quantitative estimate of drug-likeness (QED) is 0.765. The molecule has 2 heterocycles. The number of hydrogen-bond acceptors (Lipinski definition) is 5. The minimum atomic E-state index is 0.323. The summed E-state index contributed by atoms with van der Waals surface area (Å²) in [6, 6.07) is 13.2. The number of fused-ring (bicyclic) bond motifs is 1. The molecular weight excluding hydrogens is 312 g/mol. The van der Waals surface area contributed by atoms with Crippen molar-refractivity contribution in [2.45, 2.75) is 44.3 Å². The zero-order valence-corrected chi connectivity index (χ0v) is 14.3. The first-order valence-electron chi connectivity index (χ1n) is 8.87. The number of anilines is 2. The summed E-state index contributed by atoms with van der Waals surface area (Å²) in [5.41, 5.74) is 14.9. The molecule has 1 fully saturated rings. The molecule has 2 aromatic heterocycles. The lowest BCUT2D eigenvalue weighted by atomic mass is 9.90. The average molecular weight is 336 g/mol. The molecule has 0 saturated heterocycles. The first-order chi connectivity index (χ1) is 12.2. The van der Waals surface area contributed by atoms with E-state index >= 15 is 0 Å². The highest BCUT2D eigenvalue weighted by molar-refractivity contribution is 5.67. The molecular formula is C19H24N6. The molecule has 6 nitrogen and oxygen atoms in total. The Hall–Kier alpha value is -2.60. The van der Waals surface area contributed by atoms with Gasteiger partial charge < -0.3 is 16.4 Å². The van der Waals surface area contributed by atoms with E-state index < -0.39 is 0 Å². The number of nitrogen functional groups attached to an aromatic ring is 1. The van der Waals surface area contributed by atoms with Gasteiger partial charge in [-0.15, -0.1) is 5.10 Å². The number of imidazole rings is 1. The van der Waals surface area contributed by atoms with E-state index in [1.807, 2.05) is 18.3 Å². The van der Waals surface area contributed by atoms with Gasteiger partial charge in [0.1, 0.15) is 0 Å². The van der Waals surface area contributed by atoms with Crippen LogP contribution in [0.5, 0.6) is 0 Å². The Kier molecular flexibility index (Phi) is 4.28. The van der Waals surface area contributed by atoms with Gasteiger partial charge in [-0.3, -0.25) is 0 Å². The van der Waals surface area contributed by atoms with E-state index in [1.54, 1.807) is 10.7 Å². The maximum Gasteiger partial charge on any atom is 0.176 e. The molecule has 1 aliphatic carbocycles. The van der Waals surface area contributed by atoms with Crippen LogP contribution in [-0.4, -0.2) is 26.7 Å². The van der Waals surface area contributed by atoms with Crippen LogP contribution in [0, 0.1) is 0 Å². The Bertz CT molecular complexity index is 836. The van der Waals surface area contributed by atoms with E-state index in [2.05, 4.69) is 34.1 Å². The largest absolute Gasteiger partial charge is 0.396 e. The van der Waals surface area contributed by atoms with Crippen LogP contribution < -0.4 is 16.4 Å². The molecule has 0 radical (unpaired) electrons. The Morgan fingerprint density at radius 1 is 1.12 bits per heavy atom. The molecule has 6 heteroatoms. The summed E-state index contributed by atoms with van der Waals surface area (Å²) in [4.78, 5) is 6.64. The normalized spacial score (nSPS) is 20.7. The van der Waals surface area contributed by atoms with Gasteiger partial charge in [0.2, 0.25) is 0 Å². The third-order valence-corrected chi connectivity index (χ3v) is 5.05. The lowest BCUT2D eigenvalue weighted by molar-refractivity contribution is 0.372. The van der Waals surface area contributed by atoms with Crippen molar-refractivity contribution >= 4 is 17.2 Å². The number of hydrogen-bond donors (Lipinski definition) is 2. The van der Waals surface area contributed by atoms with Crippen LogP contribution in [-0.2, 0) is 6.54 Å². The second kappa shape index (κ2) is 6.72. The van der Waals surface area contributed by atoms with Crippen molar-refractivity contribution in [2.24, 2.45) is 5.73 Å². The van der Waals surface area contributed by atoms with Gasteiger partial charge in [-0.05, 0) is 31.2 Å². The number of benzene rings is 1. The zero-order chi connectivity index (χ0) is 17.2. The maximum absolute atomic E-state index is 6.21. The van der Waals surface area contributed by atoms with Gasteiger partial charge in [-0.1, -0.05) is 30.3 Å². The van der Waals surface area contributed by atoms with E-state index in [1.165, 1.54) is 5.56 Å². The van der Waals surface area contributed by atoms with Crippen molar-refractivity contribution in [3.05, 3.63) is 54.4 Å². The summed E-state index contributed by atoms with van der Waals surface area (Å²) < 4.78 is 1.76. The molecule has 4 rings (SSSR count). The van der Waals surface area contributed by atoms with E-state index in [0.29, 0.717) is 23.4 Å². The predicted octanol–water partition coefficient (Wildman–Crippen LogP) is 2.59. The molecule has 0 amide bonds. The Morgan fingerprint density at radius 2 is 1.88 bits per heavy atom. The van der Waals surface area contributed by atoms with E-state index in [0.717, 1.165) is 38.0 Å². The Balaban J connectivity index is 1.70. The maximum atomic E-state index is 6.21. The lowest BCUT2D eigenvalue weighted by Crippen LogP contribution is -2.41. The van der Waals surface area contributed by atoms with Gasteiger partial charge in [-0.2, -0.15) is 0 Å². The summed E-state index contributed by atoms with van der Waals surface area (Å²) >= 11 is 0. The molecule has 130 valence electrons. The number of nitrogens with two attached hydrogens (primary N) is 2. The molecule has 0 unspecified atom stereocenters. The fourth-order valence-corrected chi connectivity index (χ4v) is 3.66. The molecule has 4 N–H and O–H groups in total. The number of rotatable bonds is 4.